The Morgan fingerprint density at radius 1 is 1.41 bits per heavy atom. The average molecular weight is 397 g/mol. The molecule has 1 unspecified atom stereocenters. The van der Waals surface area contributed by atoms with Crippen molar-refractivity contribution in [1.82, 2.24) is 15.2 Å². The molecule has 0 radical (unpaired) electrons. The summed E-state index contributed by atoms with van der Waals surface area (Å²) >= 11 is 0. The van der Waals surface area contributed by atoms with Gasteiger partial charge in [-0.1, -0.05) is 0 Å². The molecule has 0 aromatic carbocycles. The lowest BCUT2D eigenvalue weighted by atomic mass is 10.2. The SMILES string of the molecule is CCN(c1cc(C(=O)NCCN2CCOCC2)ccn1)C1CCS(=O)(=O)C1. The molecule has 0 bridgehead atoms. The van der Waals surface area contributed by atoms with Crippen LogP contribution in [-0.4, -0.2) is 87.7 Å². The number of carbonyl (C=O) groups excluding carboxylic acids is 1. The van der Waals surface area contributed by atoms with Crippen molar-refractivity contribution in [3.8, 4) is 0 Å². The van der Waals surface area contributed by atoms with Crippen molar-refractivity contribution >= 4 is 21.6 Å². The second-order valence-corrected chi connectivity index (χ2v) is 9.18. The number of rotatable bonds is 7. The van der Waals surface area contributed by atoms with E-state index in [2.05, 4.69) is 15.2 Å². The molecule has 2 aliphatic rings. The normalized spacial score (nSPS) is 22.5. The number of ether oxygens (including phenoxy) is 1. The molecule has 3 rings (SSSR count). The summed E-state index contributed by atoms with van der Waals surface area (Å²) in [6.45, 7) is 7.27. The number of anilines is 1. The summed E-state index contributed by atoms with van der Waals surface area (Å²) in [6, 6.07) is 3.36. The van der Waals surface area contributed by atoms with Crippen LogP contribution in [0.25, 0.3) is 0 Å². The Labute approximate surface area is 160 Å². The van der Waals surface area contributed by atoms with Gasteiger partial charge in [0.2, 0.25) is 0 Å². The molecule has 8 nitrogen and oxygen atoms in total. The van der Waals surface area contributed by atoms with E-state index in [1.807, 2.05) is 11.8 Å². The van der Waals surface area contributed by atoms with E-state index in [1.54, 1.807) is 18.3 Å². The lowest BCUT2D eigenvalue weighted by Crippen LogP contribution is -2.41. The molecule has 0 saturated carbocycles. The van der Waals surface area contributed by atoms with Crippen LogP contribution in [0.3, 0.4) is 0 Å². The van der Waals surface area contributed by atoms with Crippen molar-refractivity contribution < 1.29 is 17.9 Å². The Kier molecular flexibility index (Phi) is 6.67. The highest BCUT2D eigenvalue weighted by Gasteiger charge is 2.32. The minimum Gasteiger partial charge on any atom is -0.379 e. The van der Waals surface area contributed by atoms with Crippen LogP contribution in [0.1, 0.15) is 23.7 Å². The van der Waals surface area contributed by atoms with Crippen LogP contribution < -0.4 is 10.2 Å². The van der Waals surface area contributed by atoms with E-state index in [0.717, 1.165) is 32.8 Å². The molecular formula is C18H28N4O4S. The van der Waals surface area contributed by atoms with Crippen molar-refractivity contribution in [3.05, 3.63) is 23.9 Å². The van der Waals surface area contributed by atoms with Crippen molar-refractivity contribution in [1.29, 1.82) is 0 Å². The minimum atomic E-state index is -2.97. The summed E-state index contributed by atoms with van der Waals surface area (Å²) in [7, 11) is -2.97. The van der Waals surface area contributed by atoms with Crippen molar-refractivity contribution in [2.75, 3.05) is 62.3 Å². The van der Waals surface area contributed by atoms with Crippen molar-refractivity contribution in [2.24, 2.45) is 0 Å². The van der Waals surface area contributed by atoms with Crippen LogP contribution >= 0.6 is 0 Å². The smallest absolute Gasteiger partial charge is 0.251 e. The Hall–Kier alpha value is -1.71. The average Bonchev–Trinajstić information content (AvgIpc) is 3.03. The van der Waals surface area contributed by atoms with Crippen LogP contribution in [0.15, 0.2) is 18.3 Å². The fourth-order valence-corrected chi connectivity index (χ4v) is 5.33. The first-order valence-corrected chi connectivity index (χ1v) is 11.3. The lowest BCUT2D eigenvalue weighted by molar-refractivity contribution is 0.0383. The number of hydrogen-bond acceptors (Lipinski definition) is 7. The predicted molar refractivity (Wildman–Crippen MR) is 104 cm³/mol. The summed E-state index contributed by atoms with van der Waals surface area (Å²) in [4.78, 5) is 21.1. The minimum absolute atomic E-state index is 0.0767. The highest BCUT2D eigenvalue weighted by atomic mass is 32.2. The van der Waals surface area contributed by atoms with Crippen LogP contribution in [0.5, 0.6) is 0 Å². The molecule has 2 saturated heterocycles. The molecule has 3 heterocycles. The van der Waals surface area contributed by atoms with E-state index in [4.69, 9.17) is 4.74 Å². The lowest BCUT2D eigenvalue weighted by Gasteiger charge is -2.28. The summed E-state index contributed by atoms with van der Waals surface area (Å²) in [5, 5.41) is 2.95. The zero-order valence-corrected chi connectivity index (χ0v) is 16.6. The number of pyridine rings is 1. The van der Waals surface area contributed by atoms with Crippen molar-refractivity contribution in [2.45, 2.75) is 19.4 Å². The maximum absolute atomic E-state index is 12.5. The number of hydrogen-bond donors (Lipinski definition) is 1. The number of nitrogens with zero attached hydrogens (tertiary/aromatic N) is 3. The first-order valence-electron chi connectivity index (χ1n) is 9.50. The quantitative estimate of drug-likeness (QED) is 0.702. The van der Waals surface area contributed by atoms with Crippen LogP contribution in [0, 0.1) is 0 Å². The third-order valence-corrected chi connectivity index (χ3v) is 6.86. The Morgan fingerprint density at radius 2 is 2.19 bits per heavy atom. The molecule has 1 aromatic heterocycles. The third kappa shape index (κ3) is 5.40. The molecule has 0 aliphatic carbocycles. The maximum atomic E-state index is 12.5. The third-order valence-electron chi connectivity index (χ3n) is 5.11. The Bertz CT molecular complexity index is 749. The first-order chi connectivity index (χ1) is 13.0. The summed E-state index contributed by atoms with van der Waals surface area (Å²) < 4.78 is 28.9. The molecule has 150 valence electrons. The summed E-state index contributed by atoms with van der Waals surface area (Å²) in [6.07, 6.45) is 2.21. The molecule has 1 atom stereocenters. The second kappa shape index (κ2) is 8.99. The molecular weight excluding hydrogens is 368 g/mol. The van der Waals surface area contributed by atoms with Gasteiger partial charge in [0.15, 0.2) is 9.84 Å². The number of nitrogens with one attached hydrogen (secondary N) is 1. The molecule has 27 heavy (non-hydrogen) atoms. The van der Waals surface area contributed by atoms with Crippen LogP contribution in [0.2, 0.25) is 0 Å². The molecule has 2 fully saturated rings. The summed E-state index contributed by atoms with van der Waals surface area (Å²) in [5.41, 5.74) is 0.543. The number of carbonyl (C=O) groups is 1. The van der Waals surface area contributed by atoms with Gasteiger partial charge < -0.3 is 15.0 Å². The first kappa shape index (κ1) is 20.0. The van der Waals surface area contributed by atoms with E-state index < -0.39 is 9.84 Å². The Morgan fingerprint density at radius 3 is 2.85 bits per heavy atom. The monoisotopic (exact) mass is 396 g/mol. The second-order valence-electron chi connectivity index (χ2n) is 6.96. The largest absolute Gasteiger partial charge is 0.379 e. The van der Waals surface area contributed by atoms with Crippen LogP contribution in [-0.2, 0) is 14.6 Å². The summed E-state index contributed by atoms with van der Waals surface area (Å²) in [5.74, 6) is 0.886. The number of morpholine rings is 1. The molecule has 1 amide bonds. The van der Waals surface area contributed by atoms with Gasteiger partial charge in [0, 0.05) is 50.5 Å². The molecule has 1 aromatic rings. The zero-order chi connectivity index (χ0) is 19.3. The van der Waals surface area contributed by atoms with Gasteiger partial charge in [0.1, 0.15) is 5.82 Å². The highest BCUT2D eigenvalue weighted by molar-refractivity contribution is 7.91. The fraction of sp³-hybridized carbons (Fsp3) is 0.667. The van der Waals surface area contributed by atoms with Gasteiger partial charge in [0.25, 0.3) is 5.91 Å². The van der Waals surface area contributed by atoms with Crippen molar-refractivity contribution in [3.63, 3.8) is 0 Å². The van der Waals surface area contributed by atoms with Gasteiger partial charge in [-0.25, -0.2) is 13.4 Å². The van der Waals surface area contributed by atoms with E-state index >= 15 is 0 Å². The molecule has 2 aliphatic heterocycles. The number of amides is 1. The van der Waals surface area contributed by atoms with E-state index in [-0.39, 0.29) is 23.5 Å². The predicted octanol–water partition coefficient (Wildman–Crippen LogP) is 0.157. The van der Waals surface area contributed by atoms with E-state index in [1.165, 1.54) is 0 Å². The van der Waals surface area contributed by atoms with Gasteiger partial charge in [-0.2, -0.15) is 0 Å². The van der Waals surface area contributed by atoms with Gasteiger partial charge in [-0.3, -0.25) is 9.69 Å². The standard InChI is InChI=1S/C18H28N4O4S/c1-2-22(16-4-12-27(24,25)14-16)17-13-15(3-5-19-17)18(23)20-6-7-21-8-10-26-11-9-21/h3,5,13,16H,2,4,6-12,14H2,1H3,(H,20,23). The fourth-order valence-electron chi connectivity index (χ4n) is 3.60. The molecule has 0 spiro atoms. The number of aromatic nitrogens is 1. The zero-order valence-electron chi connectivity index (χ0n) is 15.8. The Balaban J connectivity index is 1.59. The highest BCUT2D eigenvalue weighted by Crippen LogP contribution is 2.23. The maximum Gasteiger partial charge on any atom is 0.251 e. The molecule has 9 heteroatoms. The van der Waals surface area contributed by atoms with E-state index in [0.29, 0.717) is 30.9 Å². The molecule has 1 N–H and O–H groups in total. The van der Waals surface area contributed by atoms with Gasteiger partial charge in [0.05, 0.1) is 24.7 Å². The number of sulfone groups is 1. The van der Waals surface area contributed by atoms with Gasteiger partial charge in [-0.15, -0.1) is 0 Å². The van der Waals surface area contributed by atoms with Crippen LogP contribution in [0.4, 0.5) is 5.82 Å². The topological polar surface area (TPSA) is 91.8 Å². The van der Waals surface area contributed by atoms with E-state index in [9.17, 15) is 13.2 Å². The van der Waals surface area contributed by atoms with Gasteiger partial charge in [-0.05, 0) is 25.5 Å². The van der Waals surface area contributed by atoms with Gasteiger partial charge >= 0.3 is 0 Å².